The Kier molecular flexibility index (Phi) is 4.02. The average Bonchev–Trinajstić information content (AvgIpc) is 3.08. The molecule has 3 nitrogen and oxygen atoms in total. The van der Waals surface area contributed by atoms with Crippen LogP contribution >= 0.6 is 0 Å². The van der Waals surface area contributed by atoms with Gasteiger partial charge in [0, 0.05) is 5.56 Å². The van der Waals surface area contributed by atoms with Crippen molar-refractivity contribution in [2.45, 2.75) is 31.3 Å². The lowest BCUT2D eigenvalue weighted by Gasteiger charge is -2.34. The Bertz CT molecular complexity index is 891. The Morgan fingerprint density at radius 1 is 1.12 bits per heavy atom. The van der Waals surface area contributed by atoms with E-state index in [-0.39, 0.29) is 5.56 Å². The molecule has 1 spiro atoms. The van der Waals surface area contributed by atoms with Crippen LogP contribution in [0.1, 0.15) is 47.2 Å². The van der Waals surface area contributed by atoms with Crippen LogP contribution in [0.3, 0.4) is 0 Å². The number of carbonyl (C=O) groups is 1. The van der Waals surface area contributed by atoms with Gasteiger partial charge >= 0.3 is 5.97 Å². The molecule has 1 aliphatic heterocycles. The quantitative estimate of drug-likeness (QED) is 0.719. The first-order valence-electron chi connectivity index (χ1n) is 8.62. The van der Waals surface area contributed by atoms with E-state index < -0.39 is 23.2 Å². The molecule has 1 aliphatic carbocycles. The highest BCUT2D eigenvalue weighted by Crippen LogP contribution is 2.46. The van der Waals surface area contributed by atoms with Crippen LogP contribution < -0.4 is 4.74 Å². The molecular formula is C21H18F2O3. The predicted octanol–water partition coefficient (Wildman–Crippen LogP) is 4.89. The fourth-order valence-corrected chi connectivity index (χ4v) is 3.85. The summed E-state index contributed by atoms with van der Waals surface area (Å²) in [5.41, 5.74) is 0.582. The van der Waals surface area contributed by atoms with Crippen LogP contribution in [0, 0.1) is 11.6 Å². The number of hydrogen-bond donors (Lipinski definition) is 0. The summed E-state index contributed by atoms with van der Waals surface area (Å²) >= 11 is 0. The summed E-state index contributed by atoms with van der Waals surface area (Å²) in [6.07, 6.45) is 5.42. The molecule has 2 aliphatic rings. The molecule has 5 heteroatoms. The van der Waals surface area contributed by atoms with Gasteiger partial charge in [0.1, 0.15) is 23.0 Å². The maximum absolute atomic E-state index is 14.5. The van der Waals surface area contributed by atoms with E-state index in [9.17, 15) is 13.6 Å². The van der Waals surface area contributed by atoms with Crippen molar-refractivity contribution < 1.29 is 23.0 Å². The molecule has 0 N–H and O–H groups in total. The van der Waals surface area contributed by atoms with Crippen LogP contribution in [0.5, 0.6) is 5.75 Å². The molecule has 2 aromatic carbocycles. The zero-order valence-corrected chi connectivity index (χ0v) is 14.4. The van der Waals surface area contributed by atoms with Crippen molar-refractivity contribution in [2.75, 3.05) is 7.11 Å². The molecule has 4 rings (SSSR count). The van der Waals surface area contributed by atoms with Gasteiger partial charge in [0.2, 0.25) is 0 Å². The van der Waals surface area contributed by atoms with E-state index in [1.165, 1.54) is 25.3 Å². The molecule has 1 heterocycles. The Labute approximate surface area is 150 Å². The second kappa shape index (κ2) is 6.24. The number of rotatable bonds is 2. The van der Waals surface area contributed by atoms with Gasteiger partial charge in [-0.3, -0.25) is 0 Å². The normalized spacial score (nSPS) is 17.4. The lowest BCUT2D eigenvalue weighted by Crippen LogP contribution is -2.33. The summed E-state index contributed by atoms with van der Waals surface area (Å²) in [5, 5.41) is 0. The van der Waals surface area contributed by atoms with Gasteiger partial charge in [0.05, 0.1) is 18.2 Å². The lowest BCUT2D eigenvalue weighted by molar-refractivity contribution is 0.0600. The fraction of sp³-hybridized carbons (Fsp3) is 0.286. The molecule has 0 aromatic heterocycles. The third kappa shape index (κ3) is 2.68. The number of fused-ring (bicyclic) bond motifs is 1. The van der Waals surface area contributed by atoms with Gasteiger partial charge in [-0.25, -0.2) is 13.6 Å². The van der Waals surface area contributed by atoms with Crippen molar-refractivity contribution in [1.29, 1.82) is 0 Å². The number of hydrogen-bond acceptors (Lipinski definition) is 3. The van der Waals surface area contributed by atoms with Gasteiger partial charge in [-0.05, 0) is 67.7 Å². The van der Waals surface area contributed by atoms with Crippen LogP contribution in [-0.2, 0) is 4.74 Å². The zero-order valence-electron chi connectivity index (χ0n) is 14.4. The van der Waals surface area contributed by atoms with Crippen molar-refractivity contribution in [3.8, 4) is 5.75 Å². The maximum Gasteiger partial charge on any atom is 0.337 e. The summed E-state index contributed by atoms with van der Waals surface area (Å²) < 4.78 is 40.0. The van der Waals surface area contributed by atoms with Gasteiger partial charge in [0.15, 0.2) is 0 Å². The number of halogens is 2. The molecule has 0 amide bonds. The van der Waals surface area contributed by atoms with Gasteiger partial charge in [-0.2, -0.15) is 0 Å². The second-order valence-corrected chi connectivity index (χ2v) is 6.73. The van der Waals surface area contributed by atoms with Crippen molar-refractivity contribution in [1.82, 2.24) is 0 Å². The highest BCUT2D eigenvalue weighted by atomic mass is 19.1. The average molecular weight is 356 g/mol. The molecule has 1 saturated carbocycles. The fourth-order valence-electron chi connectivity index (χ4n) is 3.85. The molecule has 0 radical (unpaired) electrons. The van der Waals surface area contributed by atoms with E-state index in [1.54, 1.807) is 18.2 Å². The monoisotopic (exact) mass is 356 g/mol. The summed E-state index contributed by atoms with van der Waals surface area (Å²) in [6.45, 7) is 0. The first-order chi connectivity index (χ1) is 12.5. The summed E-state index contributed by atoms with van der Waals surface area (Å²) in [7, 11) is 1.29. The Morgan fingerprint density at radius 3 is 2.46 bits per heavy atom. The van der Waals surface area contributed by atoms with Crippen molar-refractivity contribution >= 4 is 11.5 Å². The minimum absolute atomic E-state index is 0.0923. The number of methoxy groups -OCH3 is 1. The van der Waals surface area contributed by atoms with E-state index in [0.717, 1.165) is 25.7 Å². The largest absolute Gasteiger partial charge is 0.483 e. The van der Waals surface area contributed by atoms with Gasteiger partial charge < -0.3 is 9.47 Å². The molecule has 134 valence electrons. The minimum atomic E-state index is -0.638. The third-order valence-electron chi connectivity index (χ3n) is 5.09. The van der Waals surface area contributed by atoms with Crippen LogP contribution in [-0.4, -0.2) is 18.7 Å². The maximum atomic E-state index is 14.5. The van der Waals surface area contributed by atoms with Crippen LogP contribution in [0.15, 0.2) is 42.5 Å². The standard InChI is InChI=1S/C21H18F2O3/c1-25-20(24)13-7-8-18-14(11-13)15(12-21(26-18)9-2-3-10-21)19-16(22)5-4-6-17(19)23/h4-8,11-12H,2-3,9-10H2,1H3. The van der Waals surface area contributed by atoms with E-state index in [1.807, 2.05) is 6.08 Å². The first-order valence-corrected chi connectivity index (χ1v) is 8.62. The van der Waals surface area contributed by atoms with Crippen LogP contribution in [0.2, 0.25) is 0 Å². The van der Waals surface area contributed by atoms with E-state index in [2.05, 4.69) is 0 Å². The number of benzene rings is 2. The Hall–Kier alpha value is -2.69. The highest BCUT2D eigenvalue weighted by molar-refractivity contribution is 5.93. The number of esters is 1. The molecule has 2 aromatic rings. The molecule has 0 unspecified atom stereocenters. The minimum Gasteiger partial charge on any atom is -0.483 e. The SMILES string of the molecule is COC(=O)c1ccc2c(c1)C(c1c(F)cccc1F)=CC1(CCCC1)O2. The molecular weight excluding hydrogens is 338 g/mol. The van der Waals surface area contributed by atoms with Crippen LogP contribution in [0.4, 0.5) is 8.78 Å². The lowest BCUT2D eigenvalue weighted by atomic mass is 9.86. The zero-order chi connectivity index (χ0) is 18.3. The Morgan fingerprint density at radius 2 is 1.81 bits per heavy atom. The predicted molar refractivity (Wildman–Crippen MR) is 93.0 cm³/mol. The van der Waals surface area contributed by atoms with Gasteiger partial charge in [-0.1, -0.05) is 6.07 Å². The highest BCUT2D eigenvalue weighted by Gasteiger charge is 2.39. The van der Waals surface area contributed by atoms with Crippen molar-refractivity contribution in [3.05, 3.63) is 70.8 Å². The Balaban J connectivity index is 1.94. The van der Waals surface area contributed by atoms with E-state index >= 15 is 0 Å². The summed E-state index contributed by atoms with van der Waals surface area (Å²) in [4.78, 5) is 11.9. The number of ether oxygens (including phenoxy) is 2. The van der Waals surface area contributed by atoms with E-state index in [4.69, 9.17) is 9.47 Å². The van der Waals surface area contributed by atoms with Crippen LogP contribution in [0.25, 0.3) is 5.57 Å². The topological polar surface area (TPSA) is 35.5 Å². The number of carbonyl (C=O) groups excluding carboxylic acids is 1. The third-order valence-corrected chi connectivity index (χ3v) is 5.09. The second-order valence-electron chi connectivity index (χ2n) is 6.73. The molecule has 1 fully saturated rings. The summed E-state index contributed by atoms with van der Waals surface area (Å²) in [5.74, 6) is -1.26. The smallest absolute Gasteiger partial charge is 0.337 e. The molecule has 26 heavy (non-hydrogen) atoms. The van der Waals surface area contributed by atoms with Crippen molar-refractivity contribution in [2.24, 2.45) is 0 Å². The van der Waals surface area contributed by atoms with E-state index in [0.29, 0.717) is 22.4 Å². The first kappa shape index (κ1) is 16.8. The van der Waals surface area contributed by atoms with Gasteiger partial charge in [-0.15, -0.1) is 0 Å². The van der Waals surface area contributed by atoms with Gasteiger partial charge in [0.25, 0.3) is 0 Å². The molecule has 0 bridgehead atoms. The molecule has 0 saturated heterocycles. The van der Waals surface area contributed by atoms with Crippen molar-refractivity contribution in [3.63, 3.8) is 0 Å². The molecule has 0 atom stereocenters. The summed E-state index contributed by atoms with van der Waals surface area (Å²) in [6, 6.07) is 8.66.